The van der Waals surface area contributed by atoms with Crippen LogP contribution in [0.15, 0.2) is 30.5 Å². The van der Waals surface area contributed by atoms with Crippen molar-refractivity contribution in [3.05, 3.63) is 40.4 Å². The number of nitrogens with zero attached hydrogens (tertiary/aromatic N) is 1. The summed E-state index contributed by atoms with van der Waals surface area (Å²) in [5.41, 5.74) is 1.94. The van der Waals surface area contributed by atoms with E-state index < -0.39 is 0 Å². The summed E-state index contributed by atoms with van der Waals surface area (Å²) in [5.74, 6) is 0. The number of rotatable bonds is 2. The van der Waals surface area contributed by atoms with E-state index in [-0.39, 0.29) is 6.61 Å². The summed E-state index contributed by atoms with van der Waals surface area (Å²) >= 11 is 7.41. The van der Waals surface area contributed by atoms with Crippen molar-refractivity contribution in [2.75, 3.05) is 0 Å². The molecule has 0 aliphatic carbocycles. The van der Waals surface area contributed by atoms with Crippen molar-refractivity contribution in [3.63, 3.8) is 0 Å². The summed E-state index contributed by atoms with van der Waals surface area (Å²) in [4.78, 5) is 8.40. The lowest BCUT2D eigenvalue weighted by atomic mass is 10.2. The Bertz CT molecular complexity index is 674. The molecule has 0 atom stereocenters. The van der Waals surface area contributed by atoms with Gasteiger partial charge in [-0.15, -0.1) is 11.3 Å². The minimum absolute atomic E-state index is 0.0315. The van der Waals surface area contributed by atoms with Gasteiger partial charge in [-0.3, -0.25) is 0 Å². The first-order valence-electron chi connectivity index (χ1n) is 5.10. The van der Waals surface area contributed by atoms with E-state index in [1.54, 1.807) is 6.20 Å². The number of aliphatic hydroxyl groups excluding tert-OH is 1. The molecule has 1 aromatic carbocycles. The third-order valence-electron chi connectivity index (χ3n) is 2.52. The van der Waals surface area contributed by atoms with Crippen molar-refractivity contribution in [2.45, 2.75) is 6.61 Å². The first kappa shape index (κ1) is 10.8. The fourth-order valence-corrected chi connectivity index (χ4v) is 2.64. The third-order valence-corrected chi connectivity index (χ3v) is 3.77. The van der Waals surface area contributed by atoms with Gasteiger partial charge in [-0.2, -0.15) is 0 Å². The molecule has 3 rings (SSSR count). The average Bonchev–Trinajstić information content (AvgIpc) is 2.93. The Hall–Kier alpha value is -1.36. The van der Waals surface area contributed by atoms with Gasteiger partial charge >= 0.3 is 0 Å². The van der Waals surface area contributed by atoms with Crippen LogP contribution >= 0.6 is 22.9 Å². The van der Waals surface area contributed by atoms with Gasteiger partial charge in [-0.1, -0.05) is 17.7 Å². The maximum Gasteiger partial charge on any atom is 0.139 e. The number of aromatic amines is 1. The minimum atomic E-state index is 0.0315. The molecule has 0 aliphatic rings. The van der Waals surface area contributed by atoms with Crippen molar-refractivity contribution in [2.24, 2.45) is 0 Å². The minimum Gasteiger partial charge on any atom is -0.391 e. The summed E-state index contributed by atoms with van der Waals surface area (Å²) in [6.07, 6.45) is 1.69. The zero-order valence-electron chi connectivity index (χ0n) is 8.77. The molecule has 0 fully saturated rings. The van der Waals surface area contributed by atoms with Gasteiger partial charge in [0.05, 0.1) is 17.2 Å². The molecular formula is C12H9ClN2OS. The van der Waals surface area contributed by atoms with E-state index in [1.807, 2.05) is 24.3 Å². The smallest absolute Gasteiger partial charge is 0.139 e. The van der Waals surface area contributed by atoms with Gasteiger partial charge in [0.15, 0.2) is 0 Å². The number of aromatic nitrogens is 2. The molecule has 0 saturated heterocycles. The summed E-state index contributed by atoms with van der Waals surface area (Å²) < 4.78 is 0. The van der Waals surface area contributed by atoms with E-state index in [9.17, 15) is 0 Å². The maximum atomic E-state index is 9.02. The zero-order valence-corrected chi connectivity index (χ0v) is 10.3. The largest absolute Gasteiger partial charge is 0.391 e. The quantitative estimate of drug-likeness (QED) is 0.745. The van der Waals surface area contributed by atoms with Crippen LogP contribution in [-0.2, 0) is 6.61 Å². The van der Waals surface area contributed by atoms with Crippen LogP contribution < -0.4 is 0 Å². The lowest BCUT2D eigenvalue weighted by molar-refractivity contribution is 0.285. The van der Waals surface area contributed by atoms with Crippen molar-refractivity contribution < 1.29 is 5.11 Å². The Morgan fingerprint density at radius 3 is 3.00 bits per heavy atom. The predicted molar refractivity (Wildman–Crippen MR) is 70.3 cm³/mol. The van der Waals surface area contributed by atoms with E-state index in [0.717, 1.165) is 26.5 Å². The Labute approximate surface area is 107 Å². The number of halogens is 1. The second-order valence-corrected chi connectivity index (χ2v) is 5.26. The van der Waals surface area contributed by atoms with Crippen LogP contribution in [0.4, 0.5) is 0 Å². The fourth-order valence-electron chi connectivity index (χ4n) is 1.72. The van der Waals surface area contributed by atoms with E-state index in [4.69, 9.17) is 16.7 Å². The van der Waals surface area contributed by atoms with Crippen molar-refractivity contribution in [1.82, 2.24) is 9.97 Å². The highest BCUT2D eigenvalue weighted by Gasteiger charge is 2.07. The maximum absolute atomic E-state index is 9.02. The van der Waals surface area contributed by atoms with Crippen LogP contribution in [0.3, 0.4) is 0 Å². The molecule has 0 spiro atoms. The normalized spacial score (nSPS) is 11.2. The van der Waals surface area contributed by atoms with Crippen LogP contribution in [0.2, 0.25) is 5.02 Å². The van der Waals surface area contributed by atoms with Crippen molar-refractivity contribution in [3.8, 4) is 10.7 Å². The Balaban J connectivity index is 2.11. The Morgan fingerprint density at radius 1 is 1.35 bits per heavy atom. The molecule has 17 heavy (non-hydrogen) atoms. The number of hydrogen-bond acceptors (Lipinski definition) is 3. The lowest BCUT2D eigenvalue weighted by Crippen LogP contribution is -1.72. The van der Waals surface area contributed by atoms with Crippen molar-refractivity contribution >= 4 is 33.8 Å². The molecule has 5 heteroatoms. The average molecular weight is 265 g/mol. The topological polar surface area (TPSA) is 48.9 Å². The molecule has 0 aliphatic heterocycles. The second kappa shape index (κ2) is 4.14. The molecule has 86 valence electrons. The van der Waals surface area contributed by atoms with Gasteiger partial charge < -0.3 is 10.1 Å². The molecule has 3 aromatic rings. The van der Waals surface area contributed by atoms with Gasteiger partial charge in [0.2, 0.25) is 0 Å². The molecule has 0 radical (unpaired) electrons. The standard InChI is InChI=1S/C12H9ClN2OS/c13-8-2-1-7-3-11(15-10(7)4-8)12-14-5-9(6-16)17-12/h1-5,15-16H,6H2. The summed E-state index contributed by atoms with van der Waals surface area (Å²) in [6.45, 7) is 0.0315. The van der Waals surface area contributed by atoms with Gasteiger partial charge in [0.1, 0.15) is 5.01 Å². The molecule has 0 unspecified atom stereocenters. The van der Waals surface area contributed by atoms with Gasteiger partial charge in [-0.25, -0.2) is 4.98 Å². The van der Waals surface area contributed by atoms with E-state index in [2.05, 4.69) is 9.97 Å². The number of benzene rings is 1. The second-order valence-electron chi connectivity index (χ2n) is 3.70. The molecule has 0 saturated carbocycles. The first-order valence-corrected chi connectivity index (χ1v) is 6.30. The third kappa shape index (κ3) is 1.95. The summed E-state index contributed by atoms with van der Waals surface area (Å²) in [6, 6.07) is 7.76. The monoisotopic (exact) mass is 264 g/mol. The number of hydrogen-bond donors (Lipinski definition) is 2. The highest BCUT2D eigenvalue weighted by molar-refractivity contribution is 7.14. The van der Waals surface area contributed by atoms with Gasteiger partial charge in [-0.05, 0) is 18.2 Å². The lowest BCUT2D eigenvalue weighted by Gasteiger charge is -1.89. The number of thiazole rings is 1. The van der Waals surface area contributed by atoms with E-state index in [1.165, 1.54) is 11.3 Å². The first-order chi connectivity index (χ1) is 8.26. The highest BCUT2D eigenvalue weighted by Crippen LogP contribution is 2.28. The van der Waals surface area contributed by atoms with Crippen LogP contribution in [0.25, 0.3) is 21.6 Å². The predicted octanol–water partition coefficient (Wildman–Crippen LogP) is 3.44. The molecule has 0 bridgehead atoms. The van der Waals surface area contributed by atoms with Gasteiger partial charge in [0, 0.05) is 22.1 Å². The zero-order chi connectivity index (χ0) is 11.8. The molecule has 3 nitrogen and oxygen atoms in total. The summed E-state index contributed by atoms with van der Waals surface area (Å²) in [5, 5.41) is 11.7. The SMILES string of the molecule is OCc1cnc(-c2cc3ccc(Cl)cc3[nH]2)s1. The van der Waals surface area contributed by atoms with Crippen molar-refractivity contribution in [1.29, 1.82) is 0 Å². The van der Waals surface area contributed by atoms with E-state index in [0.29, 0.717) is 5.02 Å². The van der Waals surface area contributed by atoms with Crippen LogP contribution in [-0.4, -0.2) is 15.1 Å². The molecule has 0 amide bonds. The number of H-pyrrole nitrogens is 1. The molecule has 2 heterocycles. The number of nitrogens with one attached hydrogen (secondary N) is 1. The van der Waals surface area contributed by atoms with Crippen LogP contribution in [0.5, 0.6) is 0 Å². The van der Waals surface area contributed by atoms with Crippen LogP contribution in [0, 0.1) is 0 Å². The number of fused-ring (bicyclic) bond motifs is 1. The molecule has 2 N–H and O–H groups in total. The molecular weight excluding hydrogens is 256 g/mol. The highest BCUT2D eigenvalue weighted by atomic mass is 35.5. The van der Waals surface area contributed by atoms with Crippen LogP contribution in [0.1, 0.15) is 4.88 Å². The van der Waals surface area contributed by atoms with Gasteiger partial charge in [0.25, 0.3) is 0 Å². The molecule has 2 aromatic heterocycles. The Kier molecular flexibility index (Phi) is 2.63. The fraction of sp³-hybridized carbons (Fsp3) is 0.0833. The summed E-state index contributed by atoms with van der Waals surface area (Å²) in [7, 11) is 0. The Morgan fingerprint density at radius 2 is 2.24 bits per heavy atom. The van der Waals surface area contributed by atoms with E-state index >= 15 is 0 Å². The number of aliphatic hydroxyl groups is 1.